The summed E-state index contributed by atoms with van der Waals surface area (Å²) in [7, 11) is 0. The highest BCUT2D eigenvalue weighted by Gasteiger charge is 2.12. The molecule has 0 atom stereocenters. The Morgan fingerprint density at radius 3 is 2.77 bits per heavy atom. The van der Waals surface area contributed by atoms with E-state index in [1.807, 2.05) is 24.3 Å². The number of para-hydroxylation sites is 1. The zero-order valence-electron chi connectivity index (χ0n) is 13.5. The van der Waals surface area contributed by atoms with Gasteiger partial charge in [0.05, 0.1) is 17.6 Å². The molecule has 0 saturated heterocycles. The second kappa shape index (κ2) is 8.05. The van der Waals surface area contributed by atoms with Crippen LogP contribution in [0.4, 0.5) is 10.1 Å². The van der Waals surface area contributed by atoms with Crippen LogP contribution in [0.25, 0.3) is 10.9 Å². The highest BCUT2D eigenvalue weighted by molar-refractivity contribution is 9.10. The van der Waals surface area contributed by atoms with Crippen molar-refractivity contribution in [3.8, 4) is 0 Å². The molecule has 0 aliphatic heterocycles. The minimum atomic E-state index is -0.615. The summed E-state index contributed by atoms with van der Waals surface area (Å²) >= 11 is 3.13. The molecular weight excluding hydrogens is 403 g/mol. The van der Waals surface area contributed by atoms with Gasteiger partial charge in [0.15, 0.2) is 6.61 Å². The number of hydrogen-bond acceptors (Lipinski definition) is 4. The largest absolute Gasteiger partial charge is 0.455 e. The molecule has 2 aromatic carbocycles. The number of ether oxygens (including phenoxy) is 1. The van der Waals surface area contributed by atoms with E-state index in [-0.39, 0.29) is 12.1 Å². The van der Waals surface area contributed by atoms with Gasteiger partial charge in [0.1, 0.15) is 5.82 Å². The van der Waals surface area contributed by atoms with Crippen molar-refractivity contribution < 1.29 is 18.7 Å². The van der Waals surface area contributed by atoms with Gasteiger partial charge >= 0.3 is 5.97 Å². The predicted molar refractivity (Wildman–Crippen MR) is 99.1 cm³/mol. The van der Waals surface area contributed by atoms with Gasteiger partial charge in [-0.2, -0.15) is 0 Å². The van der Waals surface area contributed by atoms with E-state index in [9.17, 15) is 14.0 Å². The van der Waals surface area contributed by atoms with Crippen LogP contribution in [-0.2, 0) is 20.7 Å². The Hall–Kier alpha value is -2.80. The van der Waals surface area contributed by atoms with Crippen molar-refractivity contribution in [3.63, 3.8) is 0 Å². The van der Waals surface area contributed by atoms with Crippen LogP contribution in [0.2, 0.25) is 0 Å². The number of aromatic nitrogens is 1. The topological polar surface area (TPSA) is 68.3 Å². The molecule has 7 heteroatoms. The maximum atomic E-state index is 13.7. The third-order valence-electron chi connectivity index (χ3n) is 3.62. The SMILES string of the molecule is O=C(COC(=O)Cc1cccc2cccnc12)Nc1ccc(Br)cc1F. The first-order valence-electron chi connectivity index (χ1n) is 7.76. The molecule has 1 aromatic heterocycles. The number of benzene rings is 2. The monoisotopic (exact) mass is 416 g/mol. The van der Waals surface area contributed by atoms with Gasteiger partial charge in [0, 0.05) is 16.1 Å². The maximum Gasteiger partial charge on any atom is 0.310 e. The first-order chi connectivity index (χ1) is 12.5. The van der Waals surface area contributed by atoms with Gasteiger partial charge in [-0.3, -0.25) is 14.6 Å². The third kappa shape index (κ3) is 4.43. The number of nitrogens with zero attached hydrogens (tertiary/aromatic N) is 1. The molecule has 0 radical (unpaired) electrons. The zero-order valence-corrected chi connectivity index (χ0v) is 15.1. The Morgan fingerprint density at radius 2 is 1.96 bits per heavy atom. The number of amides is 1. The lowest BCUT2D eigenvalue weighted by Crippen LogP contribution is -2.22. The molecule has 0 saturated carbocycles. The van der Waals surface area contributed by atoms with Gasteiger partial charge < -0.3 is 10.1 Å². The van der Waals surface area contributed by atoms with E-state index in [2.05, 4.69) is 26.2 Å². The normalized spacial score (nSPS) is 10.5. The third-order valence-corrected chi connectivity index (χ3v) is 4.11. The summed E-state index contributed by atoms with van der Waals surface area (Å²) in [6, 6.07) is 13.5. The second-order valence-corrected chi connectivity index (χ2v) is 6.42. The molecule has 0 fully saturated rings. The fourth-order valence-electron chi connectivity index (χ4n) is 2.44. The number of anilines is 1. The van der Waals surface area contributed by atoms with Gasteiger partial charge in [-0.15, -0.1) is 0 Å². The number of rotatable bonds is 5. The summed E-state index contributed by atoms with van der Waals surface area (Å²) in [5, 5.41) is 3.28. The van der Waals surface area contributed by atoms with Crippen LogP contribution in [0.5, 0.6) is 0 Å². The fourth-order valence-corrected chi connectivity index (χ4v) is 2.77. The van der Waals surface area contributed by atoms with E-state index in [0.29, 0.717) is 15.6 Å². The summed E-state index contributed by atoms with van der Waals surface area (Å²) in [6.45, 7) is -0.494. The molecule has 0 aliphatic carbocycles. The Kier molecular flexibility index (Phi) is 5.58. The summed E-state index contributed by atoms with van der Waals surface area (Å²) in [5.41, 5.74) is 1.45. The molecule has 0 spiro atoms. The molecule has 1 amide bonds. The lowest BCUT2D eigenvalue weighted by atomic mass is 10.1. The Balaban J connectivity index is 1.57. The van der Waals surface area contributed by atoms with Crippen LogP contribution in [0.1, 0.15) is 5.56 Å². The van der Waals surface area contributed by atoms with Crippen LogP contribution in [-0.4, -0.2) is 23.5 Å². The van der Waals surface area contributed by atoms with Crippen molar-refractivity contribution in [2.45, 2.75) is 6.42 Å². The van der Waals surface area contributed by atoms with Crippen molar-refractivity contribution in [1.29, 1.82) is 0 Å². The Bertz CT molecular complexity index is 973. The van der Waals surface area contributed by atoms with E-state index in [1.165, 1.54) is 12.1 Å². The van der Waals surface area contributed by atoms with Crippen molar-refractivity contribution in [1.82, 2.24) is 4.98 Å². The Morgan fingerprint density at radius 1 is 1.15 bits per heavy atom. The number of halogens is 2. The average molecular weight is 417 g/mol. The van der Waals surface area contributed by atoms with Gasteiger partial charge in [-0.05, 0) is 29.8 Å². The summed E-state index contributed by atoms with van der Waals surface area (Å²) in [6.07, 6.45) is 1.64. The summed E-state index contributed by atoms with van der Waals surface area (Å²) in [4.78, 5) is 28.1. The molecular formula is C19H14BrFN2O3. The minimum Gasteiger partial charge on any atom is -0.455 e. The van der Waals surface area contributed by atoms with Gasteiger partial charge in [-0.25, -0.2) is 4.39 Å². The first-order valence-corrected chi connectivity index (χ1v) is 8.55. The van der Waals surface area contributed by atoms with Crippen molar-refractivity contribution in [2.24, 2.45) is 0 Å². The van der Waals surface area contributed by atoms with Gasteiger partial charge in [0.25, 0.3) is 5.91 Å². The standard InChI is InChI=1S/C19H14BrFN2O3/c20-14-6-7-16(15(21)10-14)23-17(24)11-26-18(25)9-13-4-1-3-12-5-2-8-22-19(12)13/h1-8,10H,9,11H2,(H,23,24). The molecule has 1 N–H and O–H groups in total. The van der Waals surface area contributed by atoms with Crippen LogP contribution in [0.3, 0.4) is 0 Å². The fraction of sp³-hybridized carbons (Fsp3) is 0.105. The number of pyridine rings is 1. The first kappa shape index (κ1) is 18.0. The number of esters is 1. The highest BCUT2D eigenvalue weighted by atomic mass is 79.9. The van der Waals surface area contributed by atoms with Crippen LogP contribution in [0, 0.1) is 5.82 Å². The predicted octanol–water partition coefficient (Wildman–Crippen LogP) is 3.86. The summed E-state index contributed by atoms with van der Waals surface area (Å²) in [5.74, 6) is -1.76. The lowest BCUT2D eigenvalue weighted by Gasteiger charge is -2.08. The highest BCUT2D eigenvalue weighted by Crippen LogP contribution is 2.19. The lowest BCUT2D eigenvalue weighted by molar-refractivity contribution is -0.146. The molecule has 132 valence electrons. The minimum absolute atomic E-state index is 0.00568. The maximum absolute atomic E-state index is 13.7. The van der Waals surface area contributed by atoms with E-state index >= 15 is 0 Å². The molecule has 0 unspecified atom stereocenters. The quantitative estimate of drug-likeness (QED) is 0.641. The number of carbonyl (C=O) groups excluding carboxylic acids is 2. The van der Waals surface area contributed by atoms with Crippen LogP contribution >= 0.6 is 15.9 Å². The molecule has 3 aromatic rings. The van der Waals surface area contributed by atoms with Crippen molar-refractivity contribution in [3.05, 3.63) is 70.6 Å². The number of nitrogens with one attached hydrogen (secondary N) is 1. The average Bonchev–Trinajstić information content (AvgIpc) is 2.63. The molecule has 1 heterocycles. The van der Waals surface area contributed by atoms with E-state index in [4.69, 9.17) is 4.74 Å². The number of hydrogen-bond donors (Lipinski definition) is 1. The van der Waals surface area contributed by atoms with Gasteiger partial charge in [-0.1, -0.05) is 40.2 Å². The molecule has 5 nitrogen and oxygen atoms in total. The van der Waals surface area contributed by atoms with Crippen LogP contribution < -0.4 is 5.32 Å². The summed E-state index contributed by atoms with van der Waals surface area (Å²) < 4.78 is 19.2. The Labute approximate surface area is 157 Å². The van der Waals surface area contributed by atoms with E-state index in [0.717, 1.165) is 5.39 Å². The molecule has 3 rings (SSSR count). The zero-order chi connectivity index (χ0) is 18.5. The van der Waals surface area contributed by atoms with E-state index in [1.54, 1.807) is 18.3 Å². The molecule has 0 aliphatic rings. The van der Waals surface area contributed by atoms with Crippen LogP contribution in [0.15, 0.2) is 59.2 Å². The molecule has 26 heavy (non-hydrogen) atoms. The smallest absolute Gasteiger partial charge is 0.310 e. The number of fused-ring (bicyclic) bond motifs is 1. The van der Waals surface area contributed by atoms with E-state index < -0.39 is 24.3 Å². The molecule has 0 bridgehead atoms. The van der Waals surface area contributed by atoms with Gasteiger partial charge in [0.2, 0.25) is 0 Å². The number of carbonyl (C=O) groups is 2. The second-order valence-electron chi connectivity index (χ2n) is 5.50. The van der Waals surface area contributed by atoms with Crippen molar-refractivity contribution >= 4 is 44.4 Å². The van der Waals surface area contributed by atoms with Crippen molar-refractivity contribution in [2.75, 3.05) is 11.9 Å².